The smallest absolute Gasteiger partial charge is 0.294 e. The first kappa shape index (κ1) is 15.9. The first-order valence-electron chi connectivity index (χ1n) is 7.10. The van der Waals surface area contributed by atoms with Crippen molar-refractivity contribution in [2.75, 3.05) is 7.05 Å². The van der Waals surface area contributed by atoms with Crippen LogP contribution in [0.1, 0.15) is 11.3 Å². The molecule has 24 heavy (non-hydrogen) atoms. The Bertz CT molecular complexity index is 867. The van der Waals surface area contributed by atoms with E-state index in [0.717, 1.165) is 12.1 Å². The van der Waals surface area contributed by atoms with E-state index in [4.69, 9.17) is 0 Å². The molecule has 1 aromatic heterocycles. The Morgan fingerprint density at radius 3 is 2.33 bits per heavy atom. The average Bonchev–Trinajstić information content (AvgIpc) is 3.03. The van der Waals surface area contributed by atoms with Crippen molar-refractivity contribution < 1.29 is 13.2 Å². The van der Waals surface area contributed by atoms with Gasteiger partial charge in [0.25, 0.3) is 0 Å². The minimum absolute atomic E-state index is 0.323. The fraction of sp³-hybridized carbons (Fsp3) is 0.118. The summed E-state index contributed by atoms with van der Waals surface area (Å²) >= 11 is 0. The summed E-state index contributed by atoms with van der Waals surface area (Å²) in [5.41, 5.74) is 1.45. The molecule has 0 bridgehead atoms. The Labute approximate surface area is 136 Å². The van der Waals surface area contributed by atoms with E-state index in [1.807, 2.05) is 6.07 Å². The molecule has 4 nitrogen and oxygen atoms in total. The van der Waals surface area contributed by atoms with Crippen LogP contribution in [-0.4, -0.2) is 28.7 Å². The van der Waals surface area contributed by atoms with Crippen LogP contribution < -0.4 is 0 Å². The lowest BCUT2D eigenvalue weighted by Crippen LogP contribution is -2.05. The number of hydrogen-bond donors (Lipinski definition) is 1. The maximum absolute atomic E-state index is 13.3. The van der Waals surface area contributed by atoms with Crippen LogP contribution in [0.4, 0.5) is 13.2 Å². The third kappa shape index (κ3) is 3.19. The van der Waals surface area contributed by atoms with Crippen molar-refractivity contribution in [3.8, 4) is 22.4 Å². The van der Waals surface area contributed by atoms with Gasteiger partial charge in [-0.2, -0.15) is 28.6 Å². The molecule has 0 unspecified atom stereocenters. The van der Waals surface area contributed by atoms with Gasteiger partial charge in [0.1, 0.15) is 11.4 Å². The molecule has 0 aliphatic carbocycles. The predicted molar refractivity (Wildman–Crippen MR) is 85.8 cm³/mol. The van der Waals surface area contributed by atoms with E-state index in [1.165, 1.54) is 6.21 Å². The summed E-state index contributed by atoms with van der Waals surface area (Å²) in [6.07, 6.45) is -3.01. The second-order valence-corrected chi connectivity index (χ2v) is 5.11. The first-order valence-corrected chi connectivity index (χ1v) is 7.10. The number of aromatic amines is 1. The maximum atomic E-state index is 13.3. The van der Waals surface area contributed by atoms with E-state index in [2.05, 4.69) is 20.4 Å². The molecule has 0 saturated carbocycles. The molecule has 1 N–H and O–H groups in total. The van der Waals surface area contributed by atoms with E-state index in [0.29, 0.717) is 28.1 Å². The van der Waals surface area contributed by atoms with Crippen LogP contribution in [0.3, 0.4) is 0 Å². The van der Waals surface area contributed by atoms with E-state index in [1.54, 1.807) is 37.4 Å². The summed E-state index contributed by atoms with van der Waals surface area (Å²) in [4.78, 5) is 3.85. The van der Waals surface area contributed by atoms with Crippen LogP contribution in [0, 0.1) is 0 Å². The second-order valence-electron chi connectivity index (χ2n) is 5.11. The zero-order chi connectivity index (χ0) is 17.2. The SMILES string of the molecule is CN=Cc1n[nH]nc1-c1cc(-c2ccccc2)cc(C(F)(F)F)c1. The van der Waals surface area contributed by atoms with Crippen molar-refractivity contribution in [1.82, 2.24) is 15.4 Å². The number of hydrogen-bond acceptors (Lipinski definition) is 3. The predicted octanol–water partition coefficient (Wildman–Crippen LogP) is 4.21. The molecule has 3 rings (SSSR count). The normalized spacial score (nSPS) is 12.0. The summed E-state index contributed by atoms with van der Waals surface area (Å²) in [5.74, 6) is 0. The topological polar surface area (TPSA) is 53.9 Å². The fourth-order valence-corrected chi connectivity index (χ4v) is 2.39. The quantitative estimate of drug-likeness (QED) is 0.732. The molecule has 122 valence electrons. The van der Waals surface area contributed by atoms with Crippen LogP contribution >= 0.6 is 0 Å². The van der Waals surface area contributed by atoms with Crippen molar-refractivity contribution in [1.29, 1.82) is 0 Å². The molecule has 7 heteroatoms. The molecule has 3 aromatic rings. The largest absolute Gasteiger partial charge is 0.416 e. The highest BCUT2D eigenvalue weighted by Crippen LogP contribution is 2.36. The molecular formula is C17H13F3N4. The van der Waals surface area contributed by atoms with Gasteiger partial charge in [0.05, 0.1) is 11.8 Å². The Morgan fingerprint density at radius 1 is 0.958 bits per heavy atom. The standard InChI is InChI=1S/C17H13F3N4/c1-21-10-15-16(23-24-22-15)13-7-12(11-5-3-2-4-6-11)8-14(9-13)17(18,19)20/h2-10H,1H3,(H,22,23,24). The summed E-state index contributed by atoms with van der Waals surface area (Å²) < 4.78 is 39.9. The van der Waals surface area contributed by atoms with Crippen LogP contribution in [-0.2, 0) is 6.18 Å². The van der Waals surface area contributed by atoms with Crippen LogP contribution in [0.25, 0.3) is 22.4 Å². The first-order chi connectivity index (χ1) is 11.5. The number of rotatable bonds is 3. The number of alkyl halides is 3. The van der Waals surface area contributed by atoms with Crippen LogP contribution in [0.5, 0.6) is 0 Å². The van der Waals surface area contributed by atoms with Gasteiger partial charge in [-0.3, -0.25) is 4.99 Å². The summed E-state index contributed by atoms with van der Waals surface area (Å²) in [6, 6.07) is 12.7. The molecule has 0 aliphatic rings. The minimum atomic E-state index is -4.46. The highest BCUT2D eigenvalue weighted by Gasteiger charge is 2.31. The zero-order valence-electron chi connectivity index (χ0n) is 12.7. The molecule has 2 aromatic carbocycles. The molecule has 0 atom stereocenters. The van der Waals surface area contributed by atoms with Crippen molar-refractivity contribution >= 4 is 6.21 Å². The van der Waals surface area contributed by atoms with E-state index < -0.39 is 11.7 Å². The monoisotopic (exact) mass is 330 g/mol. The molecule has 0 amide bonds. The number of nitrogens with zero attached hydrogens (tertiary/aromatic N) is 3. The van der Waals surface area contributed by atoms with Crippen LogP contribution in [0.2, 0.25) is 0 Å². The van der Waals surface area contributed by atoms with E-state index >= 15 is 0 Å². The molecular weight excluding hydrogens is 317 g/mol. The highest BCUT2D eigenvalue weighted by molar-refractivity contribution is 5.87. The number of benzene rings is 2. The molecule has 1 heterocycles. The van der Waals surface area contributed by atoms with Crippen molar-refractivity contribution in [2.24, 2.45) is 4.99 Å². The molecule has 0 spiro atoms. The lowest BCUT2D eigenvalue weighted by atomic mass is 9.97. The molecule has 0 aliphatic heterocycles. The zero-order valence-corrected chi connectivity index (χ0v) is 12.7. The van der Waals surface area contributed by atoms with Gasteiger partial charge in [0, 0.05) is 12.6 Å². The maximum Gasteiger partial charge on any atom is 0.416 e. The Kier molecular flexibility index (Phi) is 4.16. The summed E-state index contributed by atoms with van der Waals surface area (Å²) in [6.45, 7) is 0. The lowest BCUT2D eigenvalue weighted by Gasteiger charge is -2.12. The van der Waals surface area contributed by atoms with Crippen LogP contribution in [0.15, 0.2) is 53.5 Å². The fourth-order valence-electron chi connectivity index (χ4n) is 2.39. The Morgan fingerprint density at radius 2 is 1.67 bits per heavy atom. The third-order valence-corrected chi connectivity index (χ3v) is 3.47. The minimum Gasteiger partial charge on any atom is -0.294 e. The number of H-pyrrole nitrogens is 1. The van der Waals surface area contributed by atoms with Crippen molar-refractivity contribution in [3.05, 3.63) is 59.8 Å². The number of aromatic nitrogens is 3. The van der Waals surface area contributed by atoms with Gasteiger partial charge in [-0.15, -0.1) is 0 Å². The Hall–Kier alpha value is -2.96. The summed E-state index contributed by atoms with van der Waals surface area (Å²) in [7, 11) is 1.56. The number of aliphatic imine (C=N–C) groups is 1. The van der Waals surface area contributed by atoms with Gasteiger partial charge in [-0.05, 0) is 29.3 Å². The third-order valence-electron chi connectivity index (χ3n) is 3.47. The summed E-state index contributed by atoms with van der Waals surface area (Å²) in [5, 5.41) is 10.3. The highest BCUT2D eigenvalue weighted by atomic mass is 19.4. The number of nitrogens with one attached hydrogen (secondary N) is 1. The van der Waals surface area contributed by atoms with Gasteiger partial charge in [-0.1, -0.05) is 30.3 Å². The van der Waals surface area contributed by atoms with E-state index in [9.17, 15) is 13.2 Å². The van der Waals surface area contributed by atoms with Crippen molar-refractivity contribution in [3.63, 3.8) is 0 Å². The van der Waals surface area contributed by atoms with E-state index in [-0.39, 0.29) is 0 Å². The van der Waals surface area contributed by atoms with Gasteiger partial charge in [0.2, 0.25) is 0 Å². The van der Waals surface area contributed by atoms with Crippen molar-refractivity contribution in [2.45, 2.75) is 6.18 Å². The van der Waals surface area contributed by atoms with Gasteiger partial charge in [-0.25, -0.2) is 0 Å². The van der Waals surface area contributed by atoms with Gasteiger partial charge >= 0.3 is 6.18 Å². The molecule has 0 radical (unpaired) electrons. The molecule has 0 saturated heterocycles. The number of halogens is 3. The Balaban J connectivity index is 2.21. The lowest BCUT2D eigenvalue weighted by molar-refractivity contribution is -0.137. The molecule has 0 fully saturated rings. The second kappa shape index (κ2) is 6.27. The average molecular weight is 330 g/mol. The van der Waals surface area contributed by atoms with Gasteiger partial charge < -0.3 is 0 Å². The van der Waals surface area contributed by atoms with Gasteiger partial charge in [0.15, 0.2) is 0 Å².